The van der Waals surface area contributed by atoms with E-state index in [4.69, 9.17) is 15.2 Å². The number of nitrogens with two attached hydrogens (primary N) is 1. The lowest BCUT2D eigenvalue weighted by Gasteiger charge is -2.33. The zero-order chi connectivity index (χ0) is 11.4. The number of nitrogens with zero attached hydrogens (tertiary/aromatic N) is 3. The molecule has 16 heavy (non-hydrogen) atoms. The minimum atomic E-state index is 0.0560. The zero-order valence-electron chi connectivity index (χ0n) is 9.30. The molecule has 1 atom stereocenters. The molecule has 2 heterocycles. The Kier molecular flexibility index (Phi) is 3.53. The molecule has 1 aliphatic rings. The van der Waals surface area contributed by atoms with Crippen molar-refractivity contribution >= 4 is 5.82 Å². The molecule has 1 saturated heterocycles. The third kappa shape index (κ3) is 2.23. The first-order chi connectivity index (χ1) is 7.85. The Hall–Kier alpha value is -1.40. The van der Waals surface area contributed by atoms with Gasteiger partial charge in [-0.3, -0.25) is 0 Å². The van der Waals surface area contributed by atoms with Gasteiger partial charge in [0.05, 0.1) is 19.8 Å². The van der Waals surface area contributed by atoms with Crippen LogP contribution < -0.4 is 15.4 Å². The van der Waals surface area contributed by atoms with Gasteiger partial charge in [-0.1, -0.05) is 0 Å². The first-order valence-electron chi connectivity index (χ1n) is 5.26. The van der Waals surface area contributed by atoms with Gasteiger partial charge < -0.3 is 20.1 Å². The van der Waals surface area contributed by atoms with Crippen LogP contribution in [0.25, 0.3) is 0 Å². The third-order valence-corrected chi connectivity index (χ3v) is 2.54. The molecular formula is C10H16N4O2. The number of anilines is 1. The molecule has 0 radical (unpaired) electrons. The number of aromatic nitrogens is 2. The second-order valence-corrected chi connectivity index (χ2v) is 3.56. The van der Waals surface area contributed by atoms with Gasteiger partial charge in [0.15, 0.2) is 5.82 Å². The van der Waals surface area contributed by atoms with Crippen LogP contribution >= 0.6 is 0 Å². The average Bonchev–Trinajstić information content (AvgIpc) is 2.38. The lowest BCUT2D eigenvalue weighted by atomic mass is 10.2. The topological polar surface area (TPSA) is 73.5 Å². The SMILES string of the molecule is COc1nccnc1N1CCOC(CN)C1. The number of ether oxygens (including phenoxy) is 2. The molecule has 0 spiro atoms. The molecule has 0 aliphatic carbocycles. The molecule has 1 aromatic heterocycles. The standard InChI is InChI=1S/C10H16N4O2/c1-15-10-9(12-2-3-13-10)14-4-5-16-8(6-11)7-14/h2-3,8H,4-7,11H2,1H3. The molecule has 0 saturated carbocycles. The van der Waals surface area contributed by atoms with E-state index in [9.17, 15) is 0 Å². The summed E-state index contributed by atoms with van der Waals surface area (Å²) in [6, 6.07) is 0. The van der Waals surface area contributed by atoms with Crippen molar-refractivity contribution < 1.29 is 9.47 Å². The second kappa shape index (κ2) is 5.09. The van der Waals surface area contributed by atoms with E-state index in [0.717, 1.165) is 18.9 Å². The zero-order valence-corrected chi connectivity index (χ0v) is 9.30. The van der Waals surface area contributed by atoms with Crippen LogP contribution in [0.3, 0.4) is 0 Å². The molecule has 0 aromatic carbocycles. The molecule has 1 aromatic rings. The summed E-state index contributed by atoms with van der Waals surface area (Å²) in [5.41, 5.74) is 5.60. The Morgan fingerprint density at radius 1 is 1.56 bits per heavy atom. The van der Waals surface area contributed by atoms with E-state index < -0.39 is 0 Å². The molecule has 0 bridgehead atoms. The molecular weight excluding hydrogens is 208 g/mol. The summed E-state index contributed by atoms with van der Waals surface area (Å²) in [5.74, 6) is 1.30. The highest BCUT2D eigenvalue weighted by molar-refractivity contribution is 5.48. The van der Waals surface area contributed by atoms with Crippen molar-refractivity contribution in [2.75, 3.05) is 38.3 Å². The number of hydrogen-bond donors (Lipinski definition) is 1. The van der Waals surface area contributed by atoms with Crippen LogP contribution in [0.15, 0.2) is 12.4 Å². The van der Waals surface area contributed by atoms with Gasteiger partial charge in [-0.25, -0.2) is 9.97 Å². The Morgan fingerprint density at radius 3 is 3.12 bits per heavy atom. The van der Waals surface area contributed by atoms with E-state index in [1.807, 2.05) is 0 Å². The van der Waals surface area contributed by atoms with Gasteiger partial charge >= 0.3 is 0 Å². The summed E-state index contributed by atoms with van der Waals surface area (Å²) >= 11 is 0. The van der Waals surface area contributed by atoms with Crippen LogP contribution in [0, 0.1) is 0 Å². The summed E-state index contributed by atoms with van der Waals surface area (Å²) in [5, 5.41) is 0. The van der Waals surface area contributed by atoms with Crippen molar-refractivity contribution in [3.8, 4) is 5.88 Å². The summed E-state index contributed by atoms with van der Waals surface area (Å²) in [4.78, 5) is 10.5. The second-order valence-electron chi connectivity index (χ2n) is 3.56. The molecule has 2 N–H and O–H groups in total. The summed E-state index contributed by atoms with van der Waals surface area (Å²) in [6.07, 6.45) is 3.33. The van der Waals surface area contributed by atoms with Crippen molar-refractivity contribution in [3.05, 3.63) is 12.4 Å². The summed E-state index contributed by atoms with van der Waals surface area (Å²) in [7, 11) is 1.59. The maximum absolute atomic E-state index is 5.60. The van der Waals surface area contributed by atoms with Crippen molar-refractivity contribution in [2.24, 2.45) is 5.73 Å². The van der Waals surface area contributed by atoms with E-state index in [2.05, 4.69) is 14.9 Å². The fourth-order valence-electron chi connectivity index (χ4n) is 1.73. The van der Waals surface area contributed by atoms with Gasteiger partial charge in [0.2, 0.25) is 0 Å². The van der Waals surface area contributed by atoms with Crippen molar-refractivity contribution in [1.82, 2.24) is 9.97 Å². The minimum Gasteiger partial charge on any atom is -0.478 e. The predicted molar refractivity (Wildman–Crippen MR) is 59.6 cm³/mol. The normalized spacial score (nSPS) is 20.9. The number of methoxy groups -OCH3 is 1. The Bertz CT molecular complexity index is 347. The van der Waals surface area contributed by atoms with Crippen LogP contribution in [0.4, 0.5) is 5.82 Å². The largest absolute Gasteiger partial charge is 0.478 e. The molecule has 0 amide bonds. The number of hydrogen-bond acceptors (Lipinski definition) is 6. The van der Waals surface area contributed by atoms with Gasteiger partial charge in [-0.2, -0.15) is 0 Å². The highest BCUT2D eigenvalue weighted by Gasteiger charge is 2.23. The highest BCUT2D eigenvalue weighted by Crippen LogP contribution is 2.23. The molecule has 6 nitrogen and oxygen atoms in total. The van der Waals surface area contributed by atoms with Gasteiger partial charge in [-0.15, -0.1) is 0 Å². The molecule has 2 rings (SSSR count). The smallest absolute Gasteiger partial charge is 0.257 e. The van der Waals surface area contributed by atoms with Crippen molar-refractivity contribution in [1.29, 1.82) is 0 Å². The Morgan fingerprint density at radius 2 is 2.38 bits per heavy atom. The average molecular weight is 224 g/mol. The van der Waals surface area contributed by atoms with Crippen LogP contribution in [-0.2, 0) is 4.74 Å². The molecule has 6 heteroatoms. The van der Waals surface area contributed by atoms with Crippen LogP contribution in [0.1, 0.15) is 0 Å². The summed E-state index contributed by atoms with van der Waals surface area (Å²) in [6.45, 7) is 2.68. The van der Waals surface area contributed by atoms with E-state index in [1.165, 1.54) is 0 Å². The third-order valence-electron chi connectivity index (χ3n) is 2.54. The molecule has 1 unspecified atom stereocenters. The molecule has 1 aliphatic heterocycles. The predicted octanol–water partition coefficient (Wildman–Crippen LogP) is -0.351. The minimum absolute atomic E-state index is 0.0560. The number of morpholine rings is 1. The fraction of sp³-hybridized carbons (Fsp3) is 0.600. The van der Waals surface area contributed by atoms with Gasteiger partial charge in [0.25, 0.3) is 5.88 Å². The van der Waals surface area contributed by atoms with Crippen LogP contribution in [-0.4, -0.2) is 49.4 Å². The van der Waals surface area contributed by atoms with Gasteiger partial charge in [-0.05, 0) is 0 Å². The maximum atomic E-state index is 5.60. The Balaban J connectivity index is 2.16. The van der Waals surface area contributed by atoms with E-state index in [-0.39, 0.29) is 6.10 Å². The van der Waals surface area contributed by atoms with Crippen LogP contribution in [0.2, 0.25) is 0 Å². The Labute approximate surface area is 94.4 Å². The first kappa shape index (κ1) is 11.1. The summed E-state index contributed by atoms with van der Waals surface area (Å²) < 4.78 is 10.7. The quantitative estimate of drug-likeness (QED) is 0.756. The van der Waals surface area contributed by atoms with Gasteiger partial charge in [0, 0.05) is 32.0 Å². The number of rotatable bonds is 3. The molecule has 88 valence electrons. The maximum Gasteiger partial charge on any atom is 0.257 e. The highest BCUT2D eigenvalue weighted by atomic mass is 16.5. The van der Waals surface area contributed by atoms with E-state index >= 15 is 0 Å². The lowest BCUT2D eigenvalue weighted by molar-refractivity contribution is 0.0461. The van der Waals surface area contributed by atoms with Crippen molar-refractivity contribution in [2.45, 2.75) is 6.10 Å². The first-order valence-corrected chi connectivity index (χ1v) is 5.26. The van der Waals surface area contributed by atoms with E-state index in [0.29, 0.717) is 19.0 Å². The van der Waals surface area contributed by atoms with Gasteiger partial charge in [0.1, 0.15) is 0 Å². The monoisotopic (exact) mass is 224 g/mol. The van der Waals surface area contributed by atoms with Crippen LogP contribution in [0.5, 0.6) is 5.88 Å². The van der Waals surface area contributed by atoms with Crippen molar-refractivity contribution in [3.63, 3.8) is 0 Å². The fourth-order valence-corrected chi connectivity index (χ4v) is 1.73. The molecule has 1 fully saturated rings. The van der Waals surface area contributed by atoms with E-state index in [1.54, 1.807) is 19.5 Å². The lowest BCUT2D eigenvalue weighted by Crippen LogP contribution is -2.46.